The van der Waals surface area contributed by atoms with E-state index in [0.717, 1.165) is 49.4 Å². The van der Waals surface area contributed by atoms with Crippen LogP contribution in [-0.2, 0) is 11.3 Å². The highest BCUT2D eigenvalue weighted by Gasteiger charge is 2.15. The van der Waals surface area contributed by atoms with Gasteiger partial charge < -0.3 is 20.1 Å². The Hall–Kier alpha value is -1.75. The lowest BCUT2D eigenvalue weighted by Crippen LogP contribution is -2.41. The van der Waals surface area contributed by atoms with E-state index in [9.17, 15) is 4.79 Å². The highest BCUT2D eigenvalue weighted by atomic mass is 16.5. The largest absolute Gasteiger partial charge is 0.496 e. The summed E-state index contributed by atoms with van der Waals surface area (Å²) in [6.45, 7) is 3.98. The molecule has 2 rings (SSSR count). The van der Waals surface area contributed by atoms with Crippen LogP contribution in [0.25, 0.3) is 0 Å². The summed E-state index contributed by atoms with van der Waals surface area (Å²) in [5.41, 5.74) is 2.11. The Balaban J connectivity index is 1.83. The van der Waals surface area contributed by atoms with Crippen LogP contribution in [0.3, 0.4) is 0 Å². The van der Waals surface area contributed by atoms with Gasteiger partial charge in [0.05, 0.1) is 7.11 Å². The molecule has 5 nitrogen and oxygen atoms in total. The van der Waals surface area contributed by atoms with Crippen LogP contribution in [0.2, 0.25) is 0 Å². The fraction of sp³-hybridized carbons (Fsp3) is 0.562. The number of carbonyl (C=O) groups is 1. The number of benzene rings is 1. The summed E-state index contributed by atoms with van der Waals surface area (Å²) in [5, 5.41) is 5.90. The molecule has 0 aromatic heterocycles. The second-order valence-corrected chi connectivity index (χ2v) is 5.38. The Morgan fingerprint density at radius 1 is 1.38 bits per heavy atom. The molecule has 116 valence electrons. The van der Waals surface area contributed by atoms with Gasteiger partial charge in [-0.3, -0.25) is 0 Å². The quantitative estimate of drug-likeness (QED) is 0.895. The van der Waals surface area contributed by atoms with E-state index in [1.54, 1.807) is 7.11 Å². The molecule has 1 aliphatic heterocycles. The van der Waals surface area contributed by atoms with Crippen LogP contribution in [0, 0.1) is 6.92 Å². The van der Waals surface area contributed by atoms with Gasteiger partial charge >= 0.3 is 6.03 Å². The molecule has 1 fully saturated rings. The molecule has 2 N–H and O–H groups in total. The maximum Gasteiger partial charge on any atom is 0.315 e. The minimum Gasteiger partial charge on any atom is -0.496 e. The van der Waals surface area contributed by atoms with Crippen molar-refractivity contribution < 1.29 is 14.3 Å². The molecule has 1 aromatic rings. The van der Waals surface area contributed by atoms with Crippen molar-refractivity contribution >= 4 is 6.03 Å². The topological polar surface area (TPSA) is 59.6 Å². The van der Waals surface area contributed by atoms with Crippen molar-refractivity contribution in [1.82, 2.24) is 10.6 Å². The second kappa shape index (κ2) is 7.88. The summed E-state index contributed by atoms with van der Waals surface area (Å²) >= 11 is 0. The van der Waals surface area contributed by atoms with Crippen LogP contribution in [0.5, 0.6) is 5.75 Å². The highest BCUT2D eigenvalue weighted by molar-refractivity contribution is 5.74. The Labute approximate surface area is 126 Å². The summed E-state index contributed by atoms with van der Waals surface area (Å²) in [6, 6.07) is 6.03. The number of rotatable bonds is 4. The van der Waals surface area contributed by atoms with Crippen LogP contribution in [0.15, 0.2) is 18.2 Å². The lowest BCUT2D eigenvalue weighted by atomic mass is 10.1. The molecule has 2 amide bonds. The number of carbonyl (C=O) groups excluding carboxylic acids is 1. The lowest BCUT2D eigenvalue weighted by molar-refractivity contribution is 0.143. The number of nitrogens with one attached hydrogen (secondary N) is 2. The zero-order valence-electron chi connectivity index (χ0n) is 12.8. The van der Waals surface area contributed by atoms with Crippen LogP contribution >= 0.6 is 0 Å². The molecule has 0 saturated carbocycles. The van der Waals surface area contributed by atoms with Crippen LogP contribution < -0.4 is 15.4 Å². The number of hydrogen-bond donors (Lipinski definition) is 2. The first-order valence-electron chi connectivity index (χ1n) is 7.44. The molecule has 5 heteroatoms. The van der Waals surface area contributed by atoms with Gasteiger partial charge in [0.15, 0.2) is 0 Å². The zero-order chi connectivity index (χ0) is 15.1. The van der Waals surface area contributed by atoms with E-state index < -0.39 is 0 Å². The molecule has 21 heavy (non-hydrogen) atoms. The van der Waals surface area contributed by atoms with Crippen molar-refractivity contribution in [2.24, 2.45) is 0 Å². The zero-order valence-corrected chi connectivity index (χ0v) is 12.8. The number of amides is 2. The second-order valence-electron chi connectivity index (χ2n) is 5.38. The van der Waals surface area contributed by atoms with Crippen molar-refractivity contribution in [2.45, 2.75) is 38.8 Å². The molecule has 1 atom stereocenters. The van der Waals surface area contributed by atoms with Crippen molar-refractivity contribution in [3.05, 3.63) is 29.3 Å². The van der Waals surface area contributed by atoms with Gasteiger partial charge in [0, 0.05) is 31.4 Å². The van der Waals surface area contributed by atoms with E-state index in [0.29, 0.717) is 6.54 Å². The van der Waals surface area contributed by atoms with Gasteiger partial charge in [0.25, 0.3) is 0 Å². The number of hydrogen-bond acceptors (Lipinski definition) is 3. The summed E-state index contributed by atoms with van der Waals surface area (Å²) < 4.78 is 10.7. The Bertz CT molecular complexity index is 469. The first-order valence-corrected chi connectivity index (χ1v) is 7.44. The van der Waals surface area contributed by atoms with E-state index in [2.05, 4.69) is 10.6 Å². The van der Waals surface area contributed by atoms with Crippen molar-refractivity contribution in [3.8, 4) is 5.75 Å². The fourth-order valence-corrected chi connectivity index (χ4v) is 2.46. The lowest BCUT2D eigenvalue weighted by Gasteiger charge is -2.17. The monoisotopic (exact) mass is 292 g/mol. The molecule has 1 aromatic carbocycles. The third-order valence-electron chi connectivity index (χ3n) is 3.67. The molecule has 1 saturated heterocycles. The molecule has 1 heterocycles. The number of aryl methyl sites for hydroxylation is 1. The number of ether oxygens (including phenoxy) is 2. The highest BCUT2D eigenvalue weighted by Crippen LogP contribution is 2.19. The summed E-state index contributed by atoms with van der Waals surface area (Å²) in [5.74, 6) is 0.804. The number of methoxy groups -OCH3 is 1. The van der Waals surface area contributed by atoms with Gasteiger partial charge in [-0.05, 0) is 37.8 Å². The summed E-state index contributed by atoms with van der Waals surface area (Å²) in [7, 11) is 1.64. The van der Waals surface area contributed by atoms with Crippen molar-refractivity contribution in [3.63, 3.8) is 0 Å². The first kappa shape index (κ1) is 15.6. The van der Waals surface area contributed by atoms with Gasteiger partial charge in [-0.2, -0.15) is 0 Å². The molecule has 1 unspecified atom stereocenters. The van der Waals surface area contributed by atoms with Crippen molar-refractivity contribution in [1.29, 1.82) is 0 Å². The molecule has 0 aliphatic carbocycles. The Morgan fingerprint density at radius 2 is 2.24 bits per heavy atom. The molecule has 0 bridgehead atoms. The Kier molecular flexibility index (Phi) is 5.87. The van der Waals surface area contributed by atoms with E-state index in [1.807, 2.05) is 25.1 Å². The van der Waals surface area contributed by atoms with E-state index in [4.69, 9.17) is 9.47 Å². The molecule has 1 aliphatic rings. The minimum atomic E-state index is -0.135. The molecular weight excluding hydrogens is 268 g/mol. The summed E-state index contributed by atoms with van der Waals surface area (Å²) in [4.78, 5) is 12.0. The van der Waals surface area contributed by atoms with Gasteiger partial charge in [0.2, 0.25) is 0 Å². The Morgan fingerprint density at radius 3 is 3.05 bits per heavy atom. The third kappa shape index (κ3) is 4.93. The molecule has 0 spiro atoms. The standard InChI is InChI=1S/C16H24N2O3/c1-12-5-6-13(15(10-12)20-2)11-17-16(19)18-14-4-3-8-21-9-7-14/h5-6,10,14H,3-4,7-9,11H2,1-2H3,(H2,17,18,19). The van der Waals surface area contributed by atoms with Gasteiger partial charge in [-0.25, -0.2) is 4.79 Å². The van der Waals surface area contributed by atoms with E-state index in [-0.39, 0.29) is 12.1 Å². The van der Waals surface area contributed by atoms with Crippen molar-refractivity contribution in [2.75, 3.05) is 20.3 Å². The van der Waals surface area contributed by atoms with Gasteiger partial charge in [-0.1, -0.05) is 12.1 Å². The van der Waals surface area contributed by atoms with Gasteiger partial charge in [0.1, 0.15) is 5.75 Å². The predicted octanol–water partition coefficient (Wildman–Crippen LogP) is 2.37. The third-order valence-corrected chi connectivity index (χ3v) is 3.67. The van der Waals surface area contributed by atoms with Crippen LogP contribution in [0.1, 0.15) is 30.4 Å². The van der Waals surface area contributed by atoms with Crippen LogP contribution in [0.4, 0.5) is 4.79 Å². The van der Waals surface area contributed by atoms with Crippen LogP contribution in [-0.4, -0.2) is 32.4 Å². The SMILES string of the molecule is COc1cc(C)ccc1CNC(=O)NC1CCCOCC1. The minimum absolute atomic E-state index is 0.135. The number of urea groups is 1. The average Bonchev–Trinajstić information content (AvgIpc) is 2.74. The first-order chi connectivity index (χ1) is 10.2. The van der Waals surface area contributed by atoms with E-state index >= 15 is 0 Å². The molecule has 0 radical (unpaired) electrons. The predicted molar refractivity (Wildman–Crippen MR) is 81.6 cm³/mol. The smallest absolute Gasteiger partial charge is 0.315 e. The van der Waals surface area contributed by atoms with E-state index in [1.165, 1.54) is 0 Å². The summed E-state index contributed by atoms with van der Waals surface area (Å²) in [6.07, 6.45) is 2.85. The average molecular weight is 292 g/mol. The van der Waals surface area contributed by atoms with Gasteiger partial charge in [-0.15, -0.1) is 0 Å². The fourth-order valence-electron chi connectivity index (χ4n) is 2.46. The molecular formula is C16H24N2O3. The maximum absolute atomic E-state index is 12.0. The normalized spacial score (nSPS) is 18.7. The maximum atomic E-state index is 12.0.